The molecule has 3 N–H and O–H groups in total. The number of hydrogen-bond donors (Lipinski definition) is 2. The second-order valence-corrected chi connectivity index (χ2v) is 3.63. The normalized spacial score (nSPS) is 10.7. The van der Waals surface area contributed by atoms with Gasteiger partial charge in [-0.1, -0.05) is 12.1 Å². The number of hydrogen-bond acceptors (Lipinski definition) is 3. The Labute approximate surface area is 97.1 Å². The number of H-pyrrole nitrogens is 1. The fourth-order valence-electron chi connectivity index (χ4n) is 1.54. The van der Waals surface area contributed by atoms with Gasteiger partial charge in [0.15, 0.2) is 0 Å². The number of aromatic amines is 1. The van der Waals surface area contributed by atoms with Crippen LogP contribution < -0.4 is 11.4 Å². The van der Waals surface area contributed by atoms with E-state index in [1.165, 1.54) is 12.1 Å². The molecule has 0 atom stereocenters. The highest BCUT2D eigenvalue weighted by molar-refractivity contribution is 5.31. The van der Waals surface area contributed by atoms with E-state index >= 15 is 0 Å². The zero-order chi connectivity index (χ0) is 12.3. The van der Waals surface area contributed by atoms with Crippen molar-refractivity contribution >= 4 is 0 Å². The average molecular weight is 236 g/mol. The molecule has 0 saturated carbocycles. The van der Waals surface area contributed by atoms with Gasteiger partial charge in [0.05, 0.1) is 0 Å². The van der Waals surface area contributed by atoms with Crippen LogP contribution in [0.25, 0.3) is 5.69 Å². The molecule has 1 heterocycles. The molecule has 90 valence electrons. The molecule has 0 bridgehead atoms. The molecule has 0 aliphatic carbocycles. The Morgan fingerprint density at radius 3 is 2.88 bits per heavy atom. The Morgan fingerprint density at radius 1 is 1.41 bits per heavy atom. The number of aryl methyl sites for hydroxylation is 1. The Bertz CT molecular complexity index is 561. The summed E-state index contributed by atoms with van der Waals surface area (Å²) < 4.78 is 14.5. The Kier molecular flexibility index (Phi) is 3.34. The molecule has 1 aromatic heterocycles. The van der Waals surface area contributed by atoms with Crippen molar-refractivity contribution in [3.8, 4) is 5.69 Å². The minimum Gasteiger partial charge on any atom is -0.330 e. The van der Waals surface area contributed by atoms with E-state index in [-0.39, 0.29) is 5.69 Å². The Balaban J connectivity index is 2.37. The first-order valence-corrected chi connectivity index (χ1v) is 5.35. The summed E-state index contributed by atoms with van der Waals surface area (Å²) >= 11 is 0. The zero-order valence-corrected chi connectivity index (χ0v) is 9.19. The molecule has 2 rings (SSSR count). The maximum absolute atomic E-state index is 13.5. The number of rotatable bonds is 4. The smallest absolute Gasteiger partial charge is 0.330 e. The Morgan fingerprint density at radius 2 is 2.18 bits per heavy atom. The maximum atomic E-state index is 13.5. The van der Waals surface area contributed by atoms with Gasteiger partial charge in [0, 0.05) is 6.42 Å². The van der Waals surface area contributed by atoms with Crippen LogP contribution in [0, 0.1) is 5.82 Å². The number of nitrogens with two attached hydrogens (primary N) is 1. The van der Waals surface area contributed by atoms with Crippen molar-refractivity contribution in [2.75, 3.05) is 6.54 Å². The number of para-hydroxylation sites is 1. The van der Waals surface area contributed by atoms with Crippen molar-refractivity contribution < 1.29 is 4.39 Å². The van der Waals surface area contributed by atoms with Crippen molar-refractivity contribution in [3.05, 3.63) is 46.4 Å². The molecule has 0 radical (unpaired) electrons. The van der Waals surface area contributed by atoms with Gasteiger partial charge in [-0.15, -0.1) is 0 Å². The van der Waals surface area contributed by atoms with Crippen LogP contribution in [0.2, 0.25) is 0 Å². The van der Waals surface area contributed by atoms with Gasteiger partial charge in [0.25, 0.3) is 0 Å². The van der Waals surface area contributed by atoms with Gasteiger partial charge in [-0.3, -0.25) is 4.98 Å². The number of benzene rings is 1. The lowest BCUT2D eigenvalue weighted by molar-refractivity contribution is 0.606. The minimum atomic E-state index is -0.480. The molecule has 2 aromatic rings. The third kappa shape index (κ3) is 2.42. The highest BCUT2D eigenvalue weighted by Gasteiger charge is 2.10. The lowest BCUT2D eigenvalue weighted by Gasteiger charge is -1.99. The molecule has 0 saturated heterocycles. The quantitative estimate of drug-likeness (QED) is 0.815. The monoisotopic (exact) mass is 236 g/mol. The molecule has 5 nitrogen and oxygen atoms in total. The SMILES string of the molecule is NCCCc1nn(-c2ccccc2F)c(=O)[nH]1. The second kappa shape index (κ2) is 4.92. The van der Waals surface area contributed by atoms with Crippen LogP contribution in [0.4, 0.5) is 4.39 Å². The molecule has 0 unspecified atom stereocenters. The number of nitrogens with one attached hydrogen (secondary N) is 1. The van der Waals surface area contributed by atoms with E-state index < -0.39 is 11.5 Å². The van der Waals surface area contributed by atoms with Gasteiger partial charge in [-0.2, -0.15) is 9.78 Å². The van der Waals surface area contributed by atoms with E-state index in [0.29, 0.717) is 18.8 Å². The van der Waals surface area contributed by atoms with Crippen LogP contribution in [-0.2, 0) is 6.42 Å². The van der Waals surface area contributed by atoms with Gasteiger partial charge in [-0.25, -0.2) is 9.18 Å². The van der Waals surface area contributed by atoms with Crippen molar-refractivity contribution in [1.29, 1.82) is 0 Å². The standard InChI is InChI=1S/C11H13FN4O/c12-8-4-1-2-5-9(8)16-11(17)14-10(15-16)6-3-7-13/h1-2,4-5H,3,6-7,13H2,(H,14,15,17). The van der Waals surface area contributed by atoms with Gasteiger partial charge >= 0.3 is 5.69 Å². The average Bonchev–Trinajstić information content (AvgIpc) is 2.68. The summed E-state index contributed by atoms with van der Waals surface area (Å²) in [5, 5.41) is 4.03. The summed E-state index contributed by atoms with van der Waals surface area (Å²) in [6.07, 6.45) is 1.30. The van der Waals surface area contributed by atoms with E-state index in [2.05, 4.69) is 10.1 Å². The van der Waals surface area contributed by atoms with Crippen LogP contribution in [0.15, 0.2) is 29.1 Å². The first kappa shape index (κ1) is 11.5. The van der Waals surface area contributed by atoms with Crippen molar-refractivity contribution in [3.63, 3.8) is 0 Å². The third-order valence-corrected chi connectivity index (χ3v) is 2.36. The van der Waals surface area contributed by atoms with Crippen LogP contribution in [0.5, 0.6) is 0 Å². The molecule has 1 aromatic carbocycles. The van der Waals surface area contributed by atoms with Crippen molar-refractivity contribution in [1.82, 2.24) is 14.8 Å². The minimum absolute atomic E-state index is 0.146. The lowest BCUT2D eigenvalue weighted by Crippen LogP contribution is -2.17. The molecular formula is C11H13FN4O. The van der Waals surface area contributed by atoms with Gasteiger partial charge < -0.3 is 5.73 Å². The summed E-state index contributed by atoms with van der Waals surface area (Å²) in [4.78, 5) is 14.2. The topological polar surface area (TPSA) is 76.7 Å². The first-order chi connectivity index (χ1) is 8.22. The molecule has 0 aliphatic heterocycles. The highest BCUT2D eigenvalue weighted by atomic mass is 19.1. The molecule has 0 aliphatic rings. The summed E-state index contributed by atoms with van der Waals surface area (Å²) in [5.41, 5.74) is 5.07. The molecule has 0 amide bonds. The molecule has 17 heavy (non-hydrogen) atoms. The first-order valence-electron chi connectivity index (χ1n) is 5.35. The van der Waals surface area contributed by atoms with Crippen LogP contribution >= 0.6 is 0 Å². The molecule has 0 spiro atoms. The van der Waals surface area contributed by atoms with E-state index in [9.17, 15) is 9.18 Å². The zero-order valence-electron chi connectivity index (χ0n) is 9.19. The van der Waals surface area contributed by atoms with Gasteiger partial charge in [0.1, 0.15) is 17.3 Å². The van der Waals surface area contributed by atoms with E-state index in [4.69, 9.17) is 5.73 Å². The van der Waals surface area contributed by atoms with Crippen molar-refractivity contribution in [2.24, 2.45) is 5.73 Å². The number of aromatic nitrogens is 3. The van der Waals surface area contributed by atoms with E-state index in [1.54, 1.807) is 12.1 Å². The lowest BCUT2D eigenvalue weighted by atomic mass is 10.3. The number of nitrogens with zero attached hydrogens (tertiary/aromatic N) is 2. The molecular weight excluding hydrogens is 223 g/mol. The van der Waals surface area contributed by atoms with Crippen LogP contribution in [0.1, 0.15) is 12.2 Å². The van der Waals surface area contributed by atoms with E-state index in [0.717, 1.165) is 11.1 Å². The predicted molar refractivity (Wildman–Crippen MR) is 61.5 cm³/mol. The third-order valence-electron chi connectivity index (χ3n) is 2.36. The van der Waals surface area contributed by atoms with Crippen LogP contribution in [0.3, 0.4) is 0 Å². The molecule has 0 fully saturated rings. The summed E-state index contributed by atoms with van der Waals surface area (Å²) in [7, 11) is 0. The highest BCUT2D eigenvalue weighted by Crippen LogP contribution is 2.09. The summed E-state index contributed by atoms with van der Waals surface area (Å²) in [6.45, 7) is 0.522. The second-order valence-electron chi connectivity index (χ2n) is 3.63. The molecule has 6 heteroatoms. The largest absolute Gasteiger partial charge is 0.348 e. The van der Waals surface area contributed by atoms with Gasteiger partial charge in [0.2, 0.25) is 0 Å². The van der Waals surface area contributed by atoms with E-state index in [1.807, 2.05) is 0 Å². The predicted octanol–water partition coefficient (Wildman–Crippen LogP) is 0.591. The summed E-state index contributed by atoms with van der Waals surface area (Å²) in [5.74, 6) is 0.0372. The fourth-order valence-corrected chi connectivity index (χ4v) is 1.54. The fraction of sp³-hybridized carbons (Fsp3) is 0.273. The maximum Gasteiger partial charge on any atom is 0.348 e. The Hall–Kier alpha value is -1.95. The number of halogens is 1. The van der Waals surface area contributed by atoms with Crippen molar-refractivity contribution in [2.45, 2.75) is 12.8 Å². The van der Waals surface area contributed by atoms with Gasteiger partial charge in [-0.05, 0) is 25.1 Å². The van der Waals surface area contributed by atoms with Crippen LogP contribution in [-0.4, -0.2) is 21.3 Å². The summed E-state index contributed by atoms with van der Waals surface area (Å²) in [6, 6.07) is 6.01.